The molecule has 5 nitrogen and oxygen atoms in total. The van der Waals surface area contributed by atoms with E-state index in [1.807, 2.05) is 38.1 Å². The van der Waals surface area contributed by atoms with Gasteiger partial charge in [0.05, 0.1) is 0 Å². The molecule has 1 saturated heterocycles. The average molecular weight is 770 g/mol. The summed E-state index contributed by atoms with van der Waals surface area (Å²) in [5, 5.41) is 0. The Labute approximate surface area is 278 Å². The zero-order valence-electron chi connectivity index (χ0n) is 27.8. The average Bonchev–Trinajstić information content (AvgIpc) is 3.57. The van der Waals surface area contributed by atoms with E-state index in [1.54, 1.807) is 0 Å². The molecule has 1 aliphatic carbocycles. The second-order valence-corrected chi connectivity index (χ2v) is 27.1. The molecule has 1 aliphatic heterocycles. The first-order chi connectivity index (χ1) is 21.8. The second-order valence-electron chi connectivity index (χ2n) is 12.5. The van der Waals surface area contributed by atoms with Crippen molar-refractivity contribution in [2.24, 2.45) is 0 Å². The molecule has 2 aliphatic rings. The van der Waals surface area contributed by atoms with Crippen LogP contribution in [0.2, 0.25) is 13.3 Å². The van der Waals surface area contributed by atoms with Crippen molar-refractivity contribution in [3.05, 3.63) is 75.1 Å². The van der Waals surface area contributed by atoms with Crippen molar-refractivity contribution in [1.82, 2.24) is 0 Å². The Morgan fingerprint density at radius 3 is 2.24 bits per heavy atom. The first-order valence-electron chi connectivity index (χ1n) is 16.5. The van der Waals surface area contributed by atoms with Crippen LogP contribution in [0, 0.1) is 11.8 Å². The molecule has 1 aromatic rings. The van der Waals surface area contributed by atoms with E-state index in [9.17, 15) is 21.6 Å². The van der Waals surface area contributed by atoms with Crippen molar-refractivity contribution in [3.8, 4) is 11.8 Å². The number of alkyl halides is 3. The molecule has 0 unspecified atom stereocenters. The van der Waals surface area contributed by atoms with Crippen LogP contribution in [0.1, 0.15) is 103 Å². The summed E-state index contributed by atoms with van der Waals surface area (Å²) in [5.41, 5.74) is -3.32. The van der Waals surface area contributed by atoms with Crippen LogP contribution in [0.15, 0.2) is 64.0 Å². The van der Waals surface area contributed by atoms with Crippen molar-refractivity contribution in [2.75, 3.05) is 0 Å². The third kappa shape index (κ3) is 11.0. The zero-order chi connectivity index (χ0) is 33.8. The minimum absolute atomic E-state index is 0.281. The molecule has 0 bridgehead atoms. The third-order valence-corrected chi connectivity index (χ3v) is 23.4. The Balaban J connectivity index is 1.84. The van der Waals surface area contributed by atoms with Gasteiger partial charge in [-0.3, -0.25) is 0 Å². The van der Waals surface area contributed by atoms with E-state index in [2.05, 4.69) is 59.1 Å². The van der Waals surface area contributed by atoms with Gasteiger partial charge in [0.2, 0.25) is 0 Å². The molecule has 2 atom stereocenters. The van der Waals surface area contributed by atoms with Gasteiger partial charge in [-0.2, -0.15) is 21.6 Å². The topological polar surface area (TPSA) is 61.8 Å². The number of ether oxygens (including phenoxy) is 2. The van der Waals surface area contributed by atoms with E-state index in [0.29, 0.717) is 12.8 Å². The summed E-state index contributed by atoms with van der Waals surface area (Å²) >= 11 is -2.41. The molecule has 3 rings (SSSR count). The molecule has 0 saturated carbocycles. The van der Waals surface area contributed by atoms with Gasteiger partial charge in [0, 0.05) is 0 Å². The fraction of sp³-hybridized carbons (Fsp3) is 0.556. The number of allylic oxidation sites excluding steroid dienone is 5. The molecule has 0 aromatic heterocycles. The fourth-order valence-electron chi connectivity index (χ4n) is 5.87. The molecule has 0 radical (unpaired) electrons. The van der Waals surface area contributed by atoms with Crippen LogP contribution in [0.25, 0.3) is 6.08 Å². The van der Waals surface area contributed by atoms with Gasteiger partial charge >= 0.3 is 229 Å². The van der Waals surface area contributed by atoms with Gasteiger partial charge in [0.25, 0.3) is 0 Å². The molecule has 0 amide bonds. The fourth-order valence-corrected chi connectivity index (χ4v) is 20.5. The maximum absolute atomic E-state index is 12.8. The first-order valence-corrected chi connectivity index (χ1v) is 25.6. The molecule has 1 heterocycles. The summed E-state index contributed by atoms with van der Waals surface area (Å²) in [6.07, 6.45) is 16.4. The van der Waals surface area contributed by atoms with E-state index in [4.69, 9.17) is 9.47 Å². The van der Waals surface area contributed by atoms with E-state index < -0.39 is 52.0 Å². The molecule has 46 heavy (non-hydrogen) atoms. The van der Waals surface area contributed by atoms with Gasteiger partial charge in [-0.15, -0.1) is 0 Å². The van der Waals surface area contributed by atoms with Crippen molar-refractivity contribution >= 4 is 34.6 Å². The van der Waals surface area contributed by atoms with Crippen LogP contribution < -0.4 is 0 Å². The van der Waals surface area contributed by atoms with E-state index in [-0.39, 0.29) is 11.3 Å². The number of unbranched alkanes of at least 4 members (excludes halogenated alkanes) is 3. The third-order valence-electron chi connectivity index (χ3n) is 8.34. The summed E-state index contributed by atoms with van der Waals surface area (Å²) in [7, 11) is -5.76. The van der Waals surface area contributed by atoms with Crippen molar-refractivity contribution in [2.45, 2.75) is 123 Å². The molecule has 0 spiro atoms. The van der Waals surface area contributed by atoms with Crippen LogP contribution in [0.3, 0.4) is 0 Å². The molecule has 10 heteroatoms. The maximum atomic E-state index is 12.8. The van der Waals surface area contributed by atoms with Crippen LogP contribution in [0.5, 0.6) is 0 Å². The predicted molar refractivity (Wildman–Crippen MR) is 182 cm³/mol. The molecular formula is C36H49F3O5SSn. The van der Waals surface area contributed by atoms with Gasteiger partial charge in [-0.25, -0.2) is 0 Å². The van der Waals surface area contributed by atoms with Crippen molar-refractivity contribution in [3.63, 3.8) is 0 Å². The summed E-state index contributed by atoms with van der Waals surface area (Å²) in [6.45, 7) is 10.5. The van der Waals surface area contributed by atoms with E-state index in [0.717, 1.165) is 11.1 Å². The van der Waals surface area contributed by atoms with Gasteiger partial charge < -0.3 is 4.18 Å². The van der Waals surface area contributed by atoms with Crippen LogP contribution in [-0.2, 0) is 23.8 Å². The van der Waals surface area contributed by atoms with Crippen LogP contribution in [0.4, 0.5) is 13.2 Å². The molecular weight excluding hydrogens is 720 g/mol. The number of hydrogen-bond donors (Lipinski definition) is 0. The van der Waals surface area contributed by atoms with Crippen LogP contribution in [-0.4, -0.2) is 44.2 Å². The molecule has 1 aromatic carbocycles. The summed E-state index contributed by atoms with van der Waals surface area (Å²) < 4.78 is 85.2. The Morgan fingerprint density at radius 1 is 1.00 bits per heavy atom. The number of rotatable bonds is 15. The zero-order valence-corrected chi connectivity index (χ0v) is 31.5. The Morgan fingerprint density at radius 2 is 1.63 bits per heavy atom. The van der Waals surface area contributed by atoms with Crippen LogP contribution >= 0.6 is 0 Å². The summed E-state index contributed by atoms with van der Waals surface area (Å²) in [6, 6.07) is 7.96. The SMILES string of the molecule is CCC[CH2][Sn](/[CH]=C/C=C/c1ccccc1[C@H]1OC(C)(C)O[C@@H]1C#C/C=C1/CCC=C1OS(=O)(=O)C(F)(F)F)([CH2]CCC)[CH2]CCC. The predicted octanol–water partition coefficient (Wildman–Crippen LogP) is 10.3. The van der Waals surface area contributed by atoms with E-state index in [1.165, 1.54) is 64.0 Å². The minimum atomic E-state index is -5.76. The van der Waals surface area contributed by atoms with Gasteiger partial charge in [0.15, 0.2) is 0 Å². The Hall–Kier alpha value is -2.00. The summed E-state index contributed by atoms with van der Waals surface area (Å²) in [5.74, 6) is 4.65. The number of benzene rings is 1. The van der Waals surface area contributed by atoms with Gasteiger partial charge in [-0.1, -0.05) is 0 Å². The summed E-state index contributed by atoms with van der Waals surface area (Å²) in [4.78, 5) is 0. The van der Waals surface area contributed by atoms with Crippen molar-refractivity contribution in [1.29, 1.82) is 0 Å². The normalized spacial score (nSPS) is 21.2. The number of hydrogen-bond acceptors (Lipinski definition) is 5. The Kier molecular flexibility index (Phi) is 14.6. The van der Waals surface area contributed by atoms with E-state index >= 15 is 0 Å². The number of halogens is 3. The van der Waals surface area contributed by atoms with Gasteiger partial charge in [-0.05, 0) is 18.9 Å². The van der Waals surface area contributed by atoms with Gasteiger partial charge in [0.1, 0.15) is 5.76 Å². The monoisotopic (exact) mass is 770 g/mol. The standard InChI is InChI=1S/C24H22F3O5S.3C4H9.Sn/c1-4-5-10-17-11-6-7-14-19(17)22-21(30-23(2,3)31-22)16-9-13-18-12-8-15-20(18)32-33(28,29)24(25,26)27;3*1-3-4-2;/h1,4-7,10-11,13-15,21-22H,8,12H2,2-3H3;3*1,3-4H2,2H3;/b4-1?,10-5+,18-13-;;;;/t21-,22-;;;;/m1..../s1. The van der Waals surface area contributed by atoms with Crippen molar-refractivity contribution < 1.29 is 35.2 Å². The molecule has 254 valence electrons. The quantitative estimate of drug-likeness (QED) is 0.0585. The first kappa shape index (κ1) is 38.4. The molecule has 0 N–H and O–H groups in total. The molecule has 1 fully saturated rings. The second kappa shape index (κ2) is 17.4. The Bertz CT molecular complexity index is 1430.